The number of carbonyl (C=O) groups is 2. The van der Waals surface area contributed by atoms with E-state index in [4.69, 9.17) is 9.16 Å². The SMILES string of the molecule is CC(=O)O[C@H]1CC[C@H]2[C@@H]3CC[C@@]4(O)CC(=O)CCC4=C3[C@@H](CCCCCCCCCCCO[Si](C)(C)C(C)(C)C)C[C@]12C. The van der Waals surface area contributed by atoms with Crippen LogP contribution in [-0.4, -0.2) is 43.5 Å². The first-order chi connectivity index (χ1) is 20.2. The van der Waals surface area contributed by atoms with E-state index in [2.05, 4.69) is 40.8 Å². The van der Waals surface area contributed by atoms with Crippen molar-refractivity contribution < 1.29 is 23.9 Å². The fourth-order valence-corrected chi connectivity index (χ4v) is 10.2. The minimum absolute atomic E-state index is 0.0106. The number of hydrogen-bond donors (Lipinski definition) is 1. The normalized spacial score (nSPS) is 32.8. The highest BCUT2D eigenvalue weighted by Gasteiger charge is 2.59. The Morgan fingerprint density at radius 3 is 2.21 bits per heavy atom. The minimum atomic E-state index is -1.61. The Morgan fingerprint density at radius 1 is 0.953 bits per heavy atom. The molecule has 1 N–H and O–H groups in total. The van der Waals surface area contributed by atoms with E-state index in [1.54, 1.807) is 6.92 Å². The highest BCUT2D eigenvalue weighted by atomic mass is 28.4. The lowest BCUT2D eigenvalue weighted by Crippen LogP contribution is -2.51. The molecule has 4 rings (SSSR count). The second-order valence-corrected chi connectivity index (χ2v) is 21.4. The van der Waals surface area contributed by atoms with E-state index in [1.165, 1.54) is 68.9 Å². The number of fused-ring (bicyclic) bond motifs is 4. The van der Waals surface area contributed by atoms with E-state index in [9.17, 15) is 14.7 Å². The minimum Gasteiger partial charge on any atom is -0.462 e. The van der Waals surface area contributed by atoms with Crippen molar-refractivity contribution >= 4 is 20.1 Å². The maximum absolute atomic E-state index is 12.4. The predicted molar refractivity (Wildman–Crippen MR) is 177 cm³/mol. The summed E-state index contributed by atoms with van der Waals surface area (Å²) in [6.45, 7) is 16.5. The zero-order valence-electron chi connectivity index (χ0n) is 28.8. The largest absolute Gasteiger partial charge is 0.462 e. The molecule has 0 aromatic heterocycles. The molecule has 0 radical (unpaired) electrons. The number of rotatable bonds is 14. The predicted octanol–water partition coefficient (Wildman–Crippen LogP) is 9.47. The van der Waals surface area contributed by atoms with Gasteiger partial charge in [0.25, 0.3) is 0 Å². The fourth-order valence-electron chi connectivity index (χ4n) is 9.15. The summed E-state index contributed by atoms with van der Waals surface area (Å²) >= 11 is 0. The number of esters is 1. The van der Waals surface area contributed by atoms with Gasteiger partial charge in [0.2, 0.25) is 0 Å². The van der Waals surface area contributed by atoms with Crippen LogP contribution >= 0.6 is 0 Å². The molecule has 43 heavy (non-hydrogen) atoms. The summed E-state index contributed by atoms with van der Waals surface area (Å²) in [5, 5.41) is 12.0. The van der Waals surface area contributed by atoms with Crippen LogP contribution in [0.3, 0.4) is 0 Å². The highest BCUT2D eigenvalue weighted by molar-refractivity contribution is 6.74. The molecule has 246 valence electrons. The maximum atomic E-state index is 12.4. The first kappa shape index (κ1) is 34.9. The molecule has 0 unspecified atom stereocenters. The van der Waals surface area contributed by atoms with Crippen LogP contribution in [-0.2, 0) is 18.8 Å². The Labute approximate surface area is 264 Å². The first-order valence-electron chi connectivity index (χ1n) is 18.0. The summed E-state index contributed by atoms with van der Waals surface area (Å²) in [7, 11) is -1.61. The third-order valence-electron chi connectivity index (χ3n) is 12.5. The molecule has 3 saturated carbocycles. The van der Waals surface area contributed by atoms with Gasteiger partial charge in [-0.3, -0.25) is 9.59 Å². The molecule has 0 spiro atoms. The van der Waals surface area contributed by atoms with E-state index in [0.717, 1.165) is 45.1 Å². The Hall–Kier alpha value is -0.983. The molecule has 6 atom stereocenters. The van der Waals surface area contributed by atoms with E-state index < -0.39 is 13.9 Å². The second-order valence-electron chi connectivity index (χ2n) is 16.6. The molecular weight excluding hydrogens is 552 g/mol. The van der Waals surface area contributed by atoms with Crippen molar-refractivity contribution in [3.8, 4) is 0 Å². The number of unbranched alkanes of at least 4 members (excludes halogenated alkanes) is 8. The van der Waals surface area contributed by atoms with Gasteiger partial charge in [0.15, 0.2) is 8.32 Å². The number of aliphatic hydroxyl groups is 1. The van der Waals surface area contributed by atoms with Crippen LogP contribution in [0.5, 0.6) is 0 Å². The van der Waals surface area contributed by atoms with Crippen LogP contribution in [0.4, 0.5) is 0 Å². The Kier molecular flexibility index (Phi) is 11.5. The molecule has 0 amide bonds. The van der Waals surface area contributed by atoms with Crippen LogP contribution < -0.4 is 0 Å². The van der Waals surface area contributed by atoms with Crippen molar-refractivity contribution in [2.45, 2.75) is 180 Å². The van der Waals surface area contributed by atoms with Crippen molar-refractivity contribution in [3.63, 3.8) is 0 Å². The average molecular weight is 617 g/mol. The second kappa shape index (κ2) is 14.2. The summed E-state index contributed by atoms with van der Waals surface area (Å²) in [6.07, 6.45) is 19.1. The van der Waals surface area contributed by atoms with Gasteiger partial charge in [0, 0.05) is 31.8 Å². The van der Waals surface area contributed by atoms with Gasteiger partial charge in [-0.25, -0.2) is 0 Å². The summed E-state index contributed by atoms with van der Waals surface area (Å²) in [5.41, 5.74) is 1.88. The van der Waals surface area contributed by atoms with Crippen LogP contribution in [0.25, 0.3) is 0 Å². The number of carbonyl (C=O) groups excluding carboxylic acids is 2. The lowest BCUT2D eigenvalue weighted by atomic mass is 9.51. The molecule has 3 fully saturated rings. The zero-order valence-corrected chi connectivity index (χ0v) is 29.8. The molecule has 0 bridgehead atoms. The summed E-state index contributed by atoms with van der Waals surface area (Å²) in [5.74, 6) is 1.48. The van der Waals surface area contributed by atoms with Gasteiger partial charge in [-0.15, -0.1) is 0 Å². The first-order valence-corrected chi connectivity index (χ1v) is 20.9. The van der Waals surface area contributed by atoms with Gasteiger partial charge in [-0.05, 0) is 92.8 Å². The molecule has 4 aliphatic carbocycles. The van der Waals surface area contributed by atoms with Crippen LogP contribution in [0, 0.1) is 23.2 Å². The third kappa shape index (κ3) is 8.06. The van der Waals surface area contributed by atoms with Crippen molar-refractivity contribution in [1.82, 2.24) is 0 Å². The van der Waals surface area contributed by atoms with Gasteiger partial charge in [0.1, 0.15) is 11.9 Å². The summed E-state index contributed by atoms with van der Waals surface area (Å²) in [4.78, 5) is 24.4. The van der Waals surface area contributed by atoms with Gasteiger partial charge in [-0.2, -0.15) is 0 Å². The molecule has 0 aliphatic heterocycles. The lowest BCUT2D eigenvalue weighted by molar-refractivity contribution is -0.154. The number of ketones is 1. The van der Waals surface area contributed by atoms with Crippen LogP contribution in [0.2, 0.25) is 18.1 Å². The third-order valence-corrected chi connectivity index (χ3v) is 17.1. The molecule has 0 saturated heterocycles. The fraction of sp³-hybridized carbons (Fsp3) is 0.892. The number of hydrogen-bond acceptors (Lipinski definition) is 5. The highest BCUT2D eigenvalue weighted by Crippen LogP contribution is 2.64. The Morgan fingerprint density at radius 2 is 1.58 bits per heavy atom. The quantitative estimate of drug-likeness (QED) is 0.0911. The molecule has 0 aromatic rings. The van der Waals surface area contributed by atoms with Crippen LogP contribution in [0.15, 0.2) is 11.1 Å². The number of allylic oxidation sites excluding steroid dienone is 1. The van der Waals surface area contributed by atoms with Gasteiger partial charge < -0.3 is 14.3 Å². The zero-order chi connectivity index (χ0) is 31.5. The van der Waals surface area contributed by atoms with Gasteiger partial charge in [-0.1, -0.05) is 84.6 Å². The van der Waals surface area contributed by atoms with Crippen molar-refractivity contribution in [2.24, 2.45) is 23.2 Å². The lowest BCUT2D eigenvalue weighted by Gasteiger charge is -2.54. The Bertz CT molecular complexity index is 1010. The molecule has 0 heterocycles. The van der Waals surface area contributed by atoms with E-state index in [-0.39, 0.29) is 23.3 Å². The topological polar surface area (TPSA) is 72.8 Å². The van der Waals surface area contributed by atoms with E-state index in [1.807, 2.05) is 0 Å². The Balaban J connectivity index is 1.25. The smallest absolute Gasteiger partial charge is 0.302 e. The molecule has 4 aliphatic rings. The summed E-state index contributed by atoms with van der Waals surface area (Å²) < 4.78 is 12.3. The van der Waals surface area contributed by atoms with E-state index >= 15 is 0 Å². The number of Topliss-reactive ketones (excluding diaryl/α,β-unsaturated/α-hetero) is 1. The molecule has 6 heteroatoms. The molecule has 0 aromatic carbocycles. The standard InChI is InChI=1S/C37H64O5Si/c1-27(38)42-33-21-20-31-30-22-23-37(40)26-29(39)18-19-32(37)34(30)28(25-36(31,33)5)17-15-13-11-9-8-10-12-14-16-24-41-43(6,7)35(2,3)4/h28,30-31,33,40H,8-26H2,1-7H3/t28-,30-,31-,33-,36-,37+/m0/s1. The molecular formula is C37H64O5Si. The van der Waals surface area contributed by atoms with Gasteiger partial charge in [0.05, 0.1) is 5.60 Å². The maximum Gasteiger partial charge on any atom is 0.302 e. The van der Waals surface area contributed by atoms with Crippen molar-refractivity contribution in [3.05, 3.63) is 11.1 Å². The van der Waals surface area contributed by atoms with Crippen molar-refractivity contribution in [2.75, 3.05) is 6.61 Å². The van der Waals surface area contributed by atoms with Crippen molar-refractivity contribution in [1.29, 1.82) is 0 Å². The number of ether oxygens (including phenoxy) is 1. The average Bonchev–Trinajstić information content (AvgIpc) is 3.22. The van der Waals surface area contributed by atoms with Crippen LogP contribution in [0.1, 0.15) is 150 Å². The van der Waals surface area contributed by atoms with E-state index in [0.29, 0.717) is 42.1 Å². The summed E-state index contributed by atoms with van der Waals surface area (Å²) in [6, 6.07) is 0. The molecule has 5 nitrogen and oxygen atoms in total. The monoisotopic (exact) mass is 616 g/mol. The van der Waals surface area contributed by atoms with Gasteiger partial charge >= 0.3 is 5.97 Å².